The van der Waals surface area contributed by atoms with Crippen LogP contribution in [0, 0.1) is 5.82 Å². The number of rotatable bonds is 8. The van der Waals surface area contributed by atoms with Gasteiger partial charge in [0.1, 0.15) is 11.6 Å². The van der Waals surface area contributed by atoms with E-state index in [4.69, 9.17) is 4.74 Å². The number of benzene rings is 2. The van der Waals surface area contributed by atoms with Crippen LogP contribution in [-0.2, 0) is 4.79 Å². The van der Waals surface area contributed by atoms with Gasteiger partial charge in [0, 0.05) is 6.42 Å². The molecule has 0 saturated heterocycles. The summed E-state index contributed by atoms with van der Waals surface area (Å²) in [6, 6.07) is 13.4. The zero-order valence-electron chi connectivity index (χ0n) is 14.0. The lowest BCUT2D eigenvalue weighted by atomic mass is 9.98. The predicted molar refractivity (Wildman–Crippen MR) is 92.5 cm³/mol. The van der Waals surface area contributed by atoms with Gasteiger partial charge in [-0.05, 0) is 55.4 Å². The van der Waals surface area contributed by atoms with E-state index in [1.54, 1.807) is 19.2 Å². The molecule has 0 spiro atoms. The molecule has 0 aliphatic carbocycles. The van der Waals surface area contributed by atoms with E-state index in [1.807, 2.05) is 31.3 Å². The van der Waals surface area contributed by atoms with Crippen molar-refractivity contribution in [2.75, 3.05) is 20.7 Å². The van der Waals surface area contributed by atoms with E-state index < -0.39 is 0 Å². The molecule has 2 rings (SSSR count). The zero-order chi connectivity index (χ0) is 17.4. The summed E-state index contributed by atoms with van der Waals surface area (Å²) in [6.45, 7) is 0.789. The highest BCUT2D eigenvalue weighted by atomic mass is 19.1. The number of hydrogen-bond donors (Lipinski definition) is 2. The fourth-order valence-corrected chi connectivity index (χ4v) is 2.47. The van der Waals surface area contributed by atoms with Crippen LogP contribution in [0.5, 0.6) is 5.75 Å². The van der Waals surface area contributed by atoms with Crippen LogP contribution in [0.2, 0.25) is 0 Å². The number of hydrogen-bond acceptors (Lipinski definition) is 3. The third-order valence-corrected chi connectivity index (χ3v) is 3.79. The molecule has 0 radical (unpaired) electrons. The third kappa shape index (κ3) is 5.06. The zero-order valence-corrected chi connectivity index (χ0v) is 14.0. The molecule has 5 heteroatoms. The van der Waals surface area contributed by atoms with Crippen molar-refractivity contribution >= 4 is 5.91 Å². The summed E-state index contributed by atoms with van der Waals surface area (Å²) < 4.78 is 18.4. The summed E-state index contributed by atoms with van der Waals surface area (Å²) in [5.74, 6) is 0.417. The second kappa shape index (κ2) is 9.03. The van der Waals surface area contributed by atoms with E-state index in [0.717, 1.165) is 29.8 Å². The van der Waals surface area contributed by atoms with E-state index in [1.165, 1.54) is 12.1 Å². The quantitative estimate of drug-likeness (QED) is 0.732. The molecule has 0 aliphatic rings. The lowest BCUT2D eigenvalue weighted by Gasteiger charge is -2.20. The Morgan fingerprint density at radius 3 is 2.21 bits per heavy atom. The molecule has 2 N–H and O–H groups in total. The summed E-state index contributed by atoms with van der Waals surface area (Å²) in [5.41, 5.74) is 1.76. The Labute approximate surface area is 142 Å². The molecule has 24 heavy (non-hydrogen) atoms. The highest BCUT2D eigenvalue weighted by Gasteiger charge is 2.17. The lowest BCUT2D eigenvalue weighted by Crippen LogP contribution is -2.29. The van der Waals surface area contributed by atoms with Crippen molar-refractivity contribution in [2.24, 2.45) is 0 Å². The van der Waals surface area contributed by atoms with Crippen LogP contribution in [-0.4, -0.2) is 26.6 Å². The second-order valence-corrected chi connectivity index (χ2v) is 5.53. The Bertz CT molecular complexity index is 641. The van der Waals surface area contributed by atoms with Crippen molar-refractivity contribution < 1.29 is 13.9 Å². The van der Waals surface area contributed by atoms with Gasteiger partial charge in [0.25, 0.3) is 0 Å². The number of carbonyl (C=O) groups excluding carboxylic acids is 1. The van der Waals surface area contributed by atoms with Gasteiger partial charge in [-0.2, -0.15) is 0 Å². The molecule has 128 valence electrons. The monoisotopic (exact) mass is 330 g/mol. The van der Waals surface area contributed by atoms with Gasteiger partial charge >= 0.3 is 0 Å². The van der Waals surface area contributed by atoms with Gasteiger partial charge in [0.15, 0.2) is 0 Å². The molecule has 4 nitrogen and oxygen atoms in total. The Hall–Kier alpha value is -2.40. The minimum Gasteiger partial charge on any atom is -0.497 e. The summed E-state index contributed by atoms with van der Waals surface area (Å²) >= 11 is 0. The SMILES string of the molecule is CNCCCC(=O)NC(c1ccc(F)cc1)c1ccc(OC)cc1. The average Bonchev–Trinajstić information content (AvgIpc) is 2.61. The maximum absolute atomic E-state index is 13.2. The van der Waals surface area contributed by atoms with Crippen LogP contribution in [0.15, 0.2) is 48.5 Å². The lowest BCUT2D eigenvalue weighted by molar-refractivity contribution is -0.121. The van der Waals surface area contributed by atoms with Crippen LogP contribution in [0.4, 0.5) is 4.39 Å². The molecular weight excluding hydrogens is 307 g/mol. The van der Waals surface area contributed by atoms with Crippen molar-refractivity contribution in [3.8, 4) is 5.75 Å². The first kappa shape index (κ1) is 17.9. The molecule has 0 aromatic heterocycles. The fraction of sp³-hybridized carbons (Fsp3) is 0.316. The number of halogens is 1. The van der Waals surface area contributed by atoms with Crippen LogP contribution in [0.3, 0.4) is 0 Å². The number of nitrogens with one attached hydrogen (secondary N) is 2. The van der Waals surface area contributed by atoms with Crippen molar-refractivity contribution in [2.45, 2.75) is 18.9 Å². The third-order valence-electron chi connectivity index (χ3n) is 3.79. The number of amides is 1. The van der Waals surface area contributed by atoms with Crippen molar-refractivity contribution in [3.05, 3.63) is 65.5 Å². The van der Waals surface area contributed by atoms with Crippen LogP contribution in [0.1, 0.15) is 30.0 Å². The summed E-state index contributed by atoms with van der Waals surface area (Å²) in [7, 11) is 3.46. The molecule has 1 amide bonds. The smallest absolute Gasteiger partial charge is 0.220 e. The van der Waals surface area contributed by atoms with Crippen molar-refractivity contribution in [1.29, 1.82) is 0 Å². The van der Waals surface area contributed by atoms with Crippen LogP contribution >= 0.6 is 0 Å². The van der Waals surface area contributed by atoms with Crippen LogP contribution < -0.4 is 15.4 Å². The van der Waals surface area contributed by atoms with Gasteiger partial charge in [0.2, 0.25) is 5.91 Å². The molecule has 1 atom stereocenters. The van der Waals surface area contributed by atoms with E-state index in [2.05, 4.69) is 10.6 Å². The maximum Gasteiger partial charge on any atom is 0.220 e. The summed E-state index contributed by atoms with van der Waals surface area (Å²) in [6.07, 6.45) is 1.20. The number of ether oxygens (including phenoxy) is 1. The highest BCUT2D eigenvalue weighted by Crippen LogP contribution is 2.24. The predicted octanol–water partition coefficient (Wildman–Crippen LogP) is 3.04. The van der Waals surface area contributed by atoms with Gasteiger partial charge in [0.05, 0.1) is 13.2 Å². The van der Waals surface area contributed by atoms with E-state index in [9.17, 15) is 9.18 Å². The van der Waals surface area contributed by atoms with Gasteiger partial charge < -0.3 is 15.4 Å². The van der Waals surface area contributed by atoms with Gasteiger partial charge in [-0.25, -0.2) is 4.39 Å². The van der Waals surface area contributed by atoms with E-state index >= 15 is 0 Å². The Morgan fingerprint density at radius 1 is 1.08 bits per heavy atom. The van der Waals surface area contributed by atoms with Crippen molar-refractivity contribution in [3.63, 3.8) is 0 Å². The van der Waals surface area contributed by atoms with E-state index in [-0.39, 0.29) is 17.8 Å². The molecule has 0 fully saturated rings. The normalized spacial score (nSPS) is 11.8. The molecule has 1 unspecified atom stereocenters. The average molecular weight is 330 g/mol. The molecular formula is C19H23FN2O2. The molecule has 0 heterocycles. The topological polar surface area (TPSA) is 50.4 Å². The summed E-state index contributed by atoms with van der Waals surface area (Å²) in [5, 5.41) is 6.06. The molecule has 2 aromatic carbocycles. The van der Waals surface area contributed by atoms with Crippen LogP contribution in [0.25, 0.3) is 0 Å². The molecule has 0 aliphatic heterocycles. The molecule has 2 aromatic rings. The second-order valence-electron chi connectivity index (χ2n) is 5.53. The Kier molecular flexibility index (Phi) is 6.75. The Balaban J connectivity index is 2.20. The van der Waals surface area contributed by atoms with E-state index in [0.29, 0.717) is 6.42 Å². The van der Waals surface area contributed by atoms with Gasteiger partial charge in [-0.3, -0.25) is 4.79 Å². The Morgan fingerprint density at radius 2 is 1.67 bits per heavy atom. The number of carbonyl (C=O) groups is 1. The van der Waals surface area contributed by atoms with Gasteiger partial charge in [-0.15, -0.1) is 0 Å². The fourth-order valence-electron chi connectivity index (χ4n) is 2.47. The number of methoxy groups -OCH3 is 1. The minimum absolute atomic E-state index is 0.0320. The van der Waals surface area contributed by atoms with Gasteiger partial charge in [-0.1, -0.05) is 24.3 Å². The first-order valence-corrected chi connectivity index (χ1v) is 7.97. The largest absolute Gasteiger partial charge is 0.497 e. The standard InChI is InChI=1S/C19H23FN2O2/c1-21-13-3-4-18(23)22-19(14-5-9-16(20)10-6-14)15-7-11-17(24-2)12-8-15/h5-12,19,21H,3-4,13H2,1-2H3,(H,22,23). The highest BCUT2D eigenvalue weighted by molar-refractivity contribution is 5.77. The first-order chi connectivity index (χ1) is 11.6. The first-order valence-electron chi connectivity index (χ1n) is 7.97. The van der Waals surface area contributed by atoms with Crippen molar-refractivity contribution in [1.82, 2.24) is 10.6 Å². The maximum atomic E-state index is 13.2. The molecule has 0 saturated carbocycles. The molecule has 0 bridgehead atoms. The summed E-state index contributed by atoms with van der Waals surface area (Å²) in [4.78, 5) is 12.2. The minimum atomic E-state index is -0.321.